The Morgan fingerprint density at radius 2 is 2.17 bits per heavy atom. The van der Waals surface area contributed by atoms with Gasteiger partial charge in [-0.15, -0.1) is 10.2 Å². The molecule has 1 aromatic carbocycles. The maximum atomic E-state index is 12.2. The Hall–Kier alpha value is -2.02. The summed E-state index contributed by atoms with van der Waals surface area (Å²) in [6.07, 6.45) is 2.18. The molecule has 1 fully saturated rings. The lowest BCUT2D eigenvalue weighted by atomic mass is 10.2. The highest BCUT2D eigenvalue weighted by atomic mass is 32.2. The molecular weight excluding hydrogens is 324 g/mol. The smallest absolute Gasteiger partial charge is 0.233 e. The van der Waals surface area contributed by atoms with Gasteiger partial charge in [0.05, 0.1) is 17.9 Å². The molecule has 128 valence electrons. The van der Waals surface area contributed by atoms with E-state index in [9.17, 15) is 4.79 Å². The molecule has 1 N–H and O–H groups in total. The zero-order valence-electron chi connectivity index (χ0n) is 14.2. The number of nitrogens with one attached hydrogen (secondary N) is 1. The third-order valence-corrected chi connectivity index (χ3v) is 5.04. The number of hydrogen-bond acceptors (Lipinski definition) is 5. The fourth-order valence-electron chi connectivity index (χ4n) is 2.45. The average molecular weight is 346 g/mol. The summed E-state index contributed by atoms with van der Waals surface area (Å²) in [5.41, 5.74) is 0.899. The van der Waals surface area contributed by atoms with Crippen LogP contribution >= 0.6 is 11.8 Å². The summed E-state index contributed by atoms with van der Waals surface area (Å²) in [6, 6.07) is 8.11. The monoisotopic (exact) mass is 346 g/mol. The van der Waals surface area contributed by atoms with Crippen molar-refractivity contribution in [3.05, 3.63) is 24.3 Å². The fourth-order valence-corrected chi connectivity index (χ4v) is 3.37. The number of carbonyl (C=O) groups is 1. The molecule has 1 heterocycles. The van der Waals surface area contributed by atoms with Gasteiger partial charge in [0.2, 0.25) is 5.91 Å². The highest BCUT2D eigenvalue weighted by molar-refractivity contribution is 8.00. The molecule has 1 atom stereocenters. The molecule has 24 heavy (non-hydrogen) atoms. The summed E-state index contributed by atoms with van der Waals surface area (Å²) in [6.45, 7) is 4.67. The number of ether oxygens (including phenoxy) is 1. The lowest BCUT2D eigenvalue weighted by molar-refractivity contribution is -0.120. The van der Waals surface area contributed by atoms with E-state index < -0.39 is 0 Å². The lowest BCUT2D eigenvalue weighted by Gasteiger charge is -2.13. The van der Waals surface area contributed by atoms with Crippen molar-refractivity contribution < 1.29 is 9.53 Å². The minimum Gasteiger partial charge on any atom is -0.496 e. The van der Waals surface area contributed by atoms with Gasteiger partial charge in [-0.05, 0) is 38.8 Å². The van der Waals surface area contributed by atoms with Gasteiger partial charge in [0, 0.05) is 12.6 Å². The number of hydrogen-bond donors (Lipinski definition) is 1. The number of aromatic nitrogens is 3. The van der Waals surface area contributed by atoms with Crippen molar-refractivity contribution in [2.45, 2.75) is 49.7 Å². The largest absolute Gasteiger partial charge is 0.496 e. The molecular formula is C17H22N4O2S. The van der Waals surface area contributed by atoms with Crippen molar-refractivity contribution in [3.63, 3.8) is 0 Å². The van der Waals surface area contributed by atoms with Gasteiger partial charge in [0.25, 0.3) is 0 Å². The Labute approximate surface area is 146 Å². The zero-order valence-corrected chi connectivity index (χ0v) is 15.0. The van der Waals surface area contributed by atoms with E-state index >= 15 is 0 Å². The molecule has 1 amide bonds. The second-order valence-electron chi connectivity index (χ2n) is 5.79. The summed E-state index contributed by atoms with van der Waals surface area (Å²) < 4.78 is 7.44. The van der Waals surface area contributed by atoms with E-state index in [4.69, 9.17) is 4.74 Å². The van der Waals surface area contributed by atoms with E-state index in [1.165, 1.54) is 11.8 Å². The van der Waals surface area contributed by atoms with Crippen molar-refractivity contribution in [1.29, 1.82) is 0 Å². The topological polar surface area (TPSA) is 69.0 Å². The number of carbonyl (C=O) groups excluding carboxylic acids is 1. The molecule has 0 spiro atoms. The van der Waals surface area contributed by atoms with Crippen molar-refractivity contribution in [2.75, 3.05) is 7.11 Å². The Morgan fingerprint density at radius 3 is 2.83 bits per heavy atom. The molecule has 0 saturated heterocycles. The van der Waals surface area contributed by atoms with E-state index in [-0.39, 0.29) is 11.2 Å². The van der Waals surface area contributed by atoms with E-state index in [0.29, 0.717) is 6.04 Å². The van der Waals surface area contributed by atoms with Crippen LogP contribution in [0, 0.1) is 0 Å². The van der Waals surface area contributed by atoms with Gasteiger partial charge in [-0.2, -0.15) is 0 Å². The highest BCUT2D eigenvalue weighted by Gasteiger charge is 2.27. The molecule has 3 rings (SSSR count). The molecule has 1 saturated carbocycles. The van der Waals surface area contributed by atoms with Crippen LogP contribution in [0.3, 0.4) is 0 Å². The van der Waals surface area contributed by atoms with Gasteiger partial charge >= 0.3 is 0 Å². The zero-order chi connectivity index (χ0) is 17.1. The quantitative estimate of drug-likeness (QED) is 0.781. The first kappa shape index (κ1) is 16.8. The lowest BCUT2D eigenvalue weighted by Crippen LogP contribution is -2.32. The van der Waals surface area contributed by atoms with Gasteiger partial charge in [-0.3, -0.25) is 4.79 Å². The number of para-hydroxylation sites is 1. The van der Waals surface area contributed by atoms with Crippen LogP contribution in [0.4, 0.5) is 0 Å². The van der Waals surface area contributed by atoms with Crippen LogP contribution in [0.2, 0.25) is 0 Å². The second kappa shape index (κ2) is 7.25. The Kier molecular flexibility index (Phi) is 5.08. The summed E-state index contributed by atoms with van der Waals surface area (Å²) >= 11 is 1.44. The minimum atomic E-state index is -0.203. The normalized spacial score (nSPS) is 15.1. The maximum Gasteiger partial charge on any atom is 0.233 e. The molecule has 6 nitrogen and oxygen atoms in total. The number of methoxy groups -OCH3 is 1. The van der Waals surface area contributed by atoms with Crippen molar-refractivity contribution in [2.24, 2.45) is 0 Å². The summed E-state index contributed by atoms with van der Waals surface area (Å²) in [5.74, 6) is 1.58. The molecule has 7 heteroatoms. The van der Waals surface area contributed by atoms with Crippen molar-refractivity contribution in [3.8, 4) is 17.1 Å². The molecule has 0 aliphatic heterocycles. The van der Waals surface area contributed by atoms with Gasteiger partial charge < -0.3 is 14.6 Å². The number of nitrogens with zero attached hydrogens (tertiary/aromatic N) is 3. The first-order chi connectivity index (χ1) is 11.6. The molecule has 1 aliphatic rings. The minimum absolute atomic E-state index is 0.0620. The SMILES string of the molecule is CCn1c(SC(C)C(=O)NC2CC2)nnc1-c1ccccc1OC. The summed E-state index contributed by atoms with van der Waals surface area (Å²) in [4.78, 5) is 12.2. The van der Waals surface area contributed by atoms with Crippen molar-refractivity contribution >= 4 is 17.7 Å². The molecule has 0 bridgehead atoms. The van der Waals surface area contributed by atoms with E-state index in [1.54, 1.807) is 7.11 Å². The number of thioether (sulfide) groups is 1. The average Bonchev–Trinajstić information content (AvgIpc) is 3.32. The maximum absolute atomic E-state index is 12.2. The Bertz CT molecular complexity index is 727. The van der Waals surface area contributed by atoms with Crippen LogP contribution in [0.5, 0.6) is 5.75 Å². The van der Waals surface area contributed by atoms with Crippen LogP contribution in [0.15, 0.2) is 29.4 Å². The molecule has 2 aromatic rings. The molecule has 1 unspecified atom stereocenters. The van der Waals surface area contributed by atoms with Gasteiger partial charge in [0.15, 0.2) is 11.0 Å². The first-order valence-electron chi connectivity index (χ1n) is 8.17. The summed E-state index contributed by atoms with van der Waals surface area (Å²) in [7, 11) is 1.64. The molecule has 1 aromatic heterocycles. The standard InChI is InChI=1S/C17H22N4O2S/c1-4-21-15(13-7-5-6-8-14(13)23-3)19-20-17(21)24-11(2)16(22)18-12-9-10-12/h5-8,11-12H,4,9-10H2,1-3H3,(H,18,22). The Balaban J connectivity index is 1.82. The molecule has 0 radical (unpaired) electrons. The third-order valence-electron chi connectivity index (χ3n) is 3.96. The molecule has 1 aliphatic carbocycles. The van der Waals surface area contributed by atoms with Crippen molar-refractivity contribution in [1.82, 2.24) is 20.1 Å². The highest BCUT2D eigenvalue weighted by Crippen LogP contribution is 2.32. The van der Waals surface area contributed by atoms with Gasteiger partial charge in [-0.25, -0.2) is 0 Å². The van der Waals surface area contributed by atoms with E-state index in [0.717, 1.165) is 41.7 Å². The fraction of sp³-hybridized carbons (Fsp3) is 0.471. The predicted octanol–water partition coefficient (Wildman–Crippen LogP) is 2.73. The summed E-state index contributed by atoms with van der Waals surface area (Å²) in [5, 5.41) is 12.2. The number of amides is 1. The number of benzene rings is 1. The third kappa shape index (κ3) is 3.56. The van der Waals surface area contributed by atoms with Crippen LogP contribution in [0.1, 0.15) is 26.7 Å². The van der Waals surface area contributed by atoms with Crippen LogP contribution in [0.25, 0.3) is 11.4 Å². The predicted molar refractivity (Wildman–Crippen MR) is 94.2 cm³/mol. The van der Waals surface area contributed by atoms with Crippen LogP contribution in [-0.4, -0.2) is 39.1 Å². The first-order valence-corrected chi connectivity index (χ1v) is 9.05. The van der Waals surface area contributed by atoms with Crippen LogP contribution < -0.4 is 10.1 Å². The van der Waals surface area contributed by atoms with E-state index in [1.807, 2.05) is 42.7 Å². The van der Waals surface area contributed by atoms with Crippen LogP contribution in [-0.2, 0) is 11.3 Å². The van der Waals surface area contributed by atoms with E-state index in [2.05, 4.69) is 15.5 Å². The van der Waals surface area contributed by atoms with Gasteiger partial charge in [0.1, 0.15) is 5.75 Å². The Morgan fingerprint density at radius 1 is 1.42 bits per heavy atom. The number of rotatable bonds is 7. The second-order valence-corrected chi connectivity index (χ2v) is 7.10. The van der Waals surface area contributed by atoms with Gasteiger partial charge in [-0.1, -0.05) is 23.9 Å².